The van der Waals surface area contributed by atoms with E-state index in [-0.39, 0.29) is 16.0 Å². The monoisotopic (exact) mass is 433 g/mol. The molecule has 0 radical (unpaired) electrons. The molecule has 0 aromatic heterocycles. The Morgan fingerprint density at radius 1 is 1.17 bits per heavy atom. The standard InChI is InChI=1S/C21H21F2N3O3S/c1-14-8-10-26(11-9-14)30(28,29)17-5-2-15(3-6-17)21(27)25-20(13-24)18-7-4-16(22)12-19(18)23/h2-7,12,14,20H,8-11H2,1H3,(H,25,27). The minimum Gasteiger partial charge on any atom is -0.332 e. The second-order valence-corrected chi connectivity index (χ2v) is 9.25. The summed E-state index contributed by atoms with van der Waals surface area (Å²) < 4.78 is 53.9. The van der Waals surface area contributed by atoms with Crippen LogP contribution in [0.3, 0.4) is 0 Å². The van der Waals surface area contributed by atoms with Gasteiger partial charge in [-0.3, -0.25) is 4.79 Å². The van der Waals surface area contributed by atoms with Crippen molar-refractivity contribution in [2.45, 2.75) is 30.7 Å². The number of halogens is 2. The van der Waals surface area contributed by atoms with Crippen LogP contribution in [0.4, 0.5) is 8.78 Å². The Balaban J connectivity index is 1.74. The molecule has 1 aliphatic rings. The fraction of sp³-hybridized carbons (Fsp3) is 0.333. The predicted octanol–water partition coefficient (Wildman–Crippen LogP) is 3.38. The average Bonchev–Trinajstić information content (AvgIpc) is 2.72. The maximum Gasteiger partial charge on any atom is 0.252 e. The van der Waals surface area contributed by atoms with Crippen molar-refractivity contribution in [3.8, 4) is 6.07 Å². The first kappa shape index (κ1) is 21.9. The minimum atomic E-state index is -3.64. The first-order valence-electron chi connectivity index (χ1n) is 9.48. The number of hydrogen-bond donors (Lipinski definition) is 1. The van der Waals surface area contributed by atoms with E-state index in [0.29, 0.717) is 25.1 Å². The molecule has 2 aromatic rings. The molecule has 3 rings (SSSR count). The van der Waals surface area contributed by atoms with Gasteiger partial charge in [0, 0.05) is 30.3 Å². The molecule has 9 heteroatoms. The molecule has 0 saturated carbocycles. The van der Waals surface area contributed by atoms with Crippen molar-refractivity contribution < 1.29 is 22.0 Å². The van der Waals surface area contributed by atoms with E-state index in [1.165, 1.54) is 28.6 Å². The van der Waals surface area contributed by atoms with Gasteiger partial charge >= 0.3 is 0 Å². The Kier molecular flexibility index (Phi) is 6.48. The van der Waals surface area contributed by atoms with Crippen molar-refractivity contribution in [2.75, 3.05) is 13.1 Å². The quantitative estimate of drug-likeness (QED) is 0.783. The van der Waals surface area contributed by atoms with Crippen LogP contribution in [-0.4, -0.2) is 31.7 Å². The van der Waals surface area contributed by atoms with E-state index in [0.717, 1.165) is 25.0 Å². The third-order valence-electron chi connectivity index (χ3n) is 5.17. The van der Waals surface area contributed by atoms with Crippen LogP contribution < -0.4 is 5.32 Å². The van der Waals surface area contributed by atoms with Gasteiger partial charge in [0.25, 0.3) is 5.91 Å². The van der Waals surface area contributed by atoms with Crippen LogP contribution in [-0.2, 0) is 10.0 Å². The molecule has 1 unspecified atom stereocenters. The maximum atomic E-state index is 13.9. The number of nitrogens with one attached hydrogen (secondary N) is 1. The highest BCUT2D eigenvalue weighted by Crippen LogP contribution is 2.24. The van der Waals surface area contributed by atoms with Crippen LogP contribution in [0, 0.1) is 28.9 Å². The van der Waals surface area contributed by atoms with Gasteiger partial charge in [0.2, 0.25) is 10.0 Å². The number of piperidine rings is 1. The van der Waals surface area contributed by atoms with Crippen LogP contribution in [0.15, 0.2) is 47.4 Å². The summed E-state index contributed by atoms with van der Waals surface area (Å²) >= 11 is 0. The molecule has 0 spiro atoms. The SMILES string of the molecule is CC1CCN(S(=O)(=O)c2ccc(C(=O)NC(C#N)c3ccc(F)cc3F)cc2)CC1. The van der Waals surface area contributed by atoms with E-state index in [2.05, 4.69) is 12.2 Å². The molecule has 1 N–H and O–H groups in total. The van der Waals surface area contributed by atoms with Gasteiger partial charge in [-0.2, -0.15) is 9.57 Å². The number of rotatable bonds is 5. The zero-order valence-electron chi connectivity index (χ0n) is 16.3. The van der Waals surface area contributed by atoms with Gasteiger partial charge in [0.15, 0.2) is 0 Å². The van der Waals surface area contributed by atoms with Gasteiger partial charge in [-0.05, 0) is 49.1 Å². The van der Waals surface area contributed by atoms with Crippen molar-refractivity contribution >= 4 is 15.9 Å². The normalized spacial score (nSPS) is 16.6. The van der Waals surface area contributed by atoms with Crippen molar-refractivity contribution in [1.82, 2.24) is 9.62 Å². The number of nitriles is 1. The zero-order valence-corrected chi connectivity index (χ0v) is 17.1. The topological polar surface area (TPSA) is 90.3 Å². The number of sulfonamides is 1. The number of amides is 1. The molecular formula is C21H21F2N3O3S. The van der Waals surface area contributed by atoms with Gasteiger partial charge < -0.3 is 5.32 Å². The summed E-state index contributed by atoms with van der Waals surface area (Å²) in [4.78, 5) is 12.5. The van der Waals surface area contributed by atoms with E-state index in [9.17, 15) is 27.3 Å². The summed E-state index contributed by atoms with van der Waals surface area (Å²) in [5, 5.41) is 11.6. The molecule has 1 heterocycles. The number of hydrogen-bond acceptors (Lipinski definition) is 4. The first-order valence-corrected chi connectivity index (χ1v) is 10.9. The number of carbonyl (C=O) groups is 1. The Bertz CT molecular complexity index is 1070. The van der Waals surface area contributed by atoms with E-state index in [4.69, 9.17) is 0 Å². The molecule has 2 aromatic carbocycles. The number of nitrogens with zero attached hydrogens (tertiary/aromatic N) is 2. The Labute approximate surface area is 174 Å². The van der Waals surface area contributed by atoms with Gasteiger partial charge in [-0.25, -0.2) is 17.2 Å². The molecule has 0 bridgehead atoms. The number of benzene rings is 2. The molecule has 158 valence electrons. The van der Waals surface area contributed by atoms with Gasteiger partial charge in [0.1, 0.15) is 17.7 Å². The predicted molar refractivity (Wildman–Crippen MR) is 106 cm³/mol. The largest absolute Gasteiger partial charge is 0.332 e. The lowest BCUT2D eigenvalue weighted by Crippen LogP contribution is -2.37. The smallest absolute Gasteiger partial charge is 0.252 e. The Hall–Kier alpha value is -2.83. The third-order valence-corrected chi connectivity index (χ3v) is 7.09. The van der Waals surface area contributed by atoms with E-state index < -0.39 is 33.6 Å². The van der Waals surface area contributed by atoms with E-state index in [1.54, 1.807) is 6.07 Å². The molecule has 30 heavy (non-hydrogen) atoms. The summed E-state index contributed by atoms with van der Waals surface area (Å²) in [5.41, 5.74) is -0.0465. The summed E-state index contributed by atoms with van der Waals surface area (Å²) in [6, 6.07) is 8.51. The first-order chi connectivity index (χ1) is 14.2. The third kappa shape index (κ3) is 4.66. The highest BCUT2D eigenvalue weighted by molar-refractivity contribution is 7.89. The van der Waals surface area contributed by atoms with Crippen LogP contribution in [0.25, 0.3) is 0 Å². The zero-order chi connectivity index (χ0) is 21.9. The second kappa shape index (κ2) is 8.90. The summed E-state index contributed by atoms with van der Waals surface area (Å²) in [6.45, 7) is 3.00. The number of carbonyl (C=O) groups excluding carboxylic acids is 1. The van der Waals surface area contributed by atoms with Crippen molar-refractivity contribution in [3.63, 3.8) is 0 Å². The average molecular weight is 433 g/mol. The fourth-order valence-corrected chi connectivity index (χ4v) is 4.75. The van der Waals surface area contributed by atoms with Crippen LogP contribution in [0.5, 0.6) is 0 Å². The molecule has 1 amide bonds. The summed E-state index contributed by atoms with van der Waals surface area (Å²) in [6.07, 6.45) is 1.60. The van der Waals surface area contributed by atoms with E-state index in [1.807, 2.05) is 0 Å². The molecular weight excluding hydrogens is 412 g/mol. The molecule has 0 aliphatic carbocycles. The van der Waals surface area contributed by atoms with E-state index >= 15 is 0 Å². The van der Waals surface area contributed by atoms with Crippen molar-refractivity contribution in [2.24, 2.45) is 5.92 Å². The van der Waals surface area contributed by atoms with Crippen LogP contribution >= 0.6 is 0 Å². The maximum absolute atomic E-state index is 13.9. The molecule has 1 saturated heterocycles. The van der Waals surface area contributed by atoms with Gasteiger partial charge in [-0.1, -0.05) is 13.0 Å². The minimum absolute atomic E-state index is 0.0787. The van der Waals surface area contributed by atoms with Crippen LogP contribution in [0.2, 0.25) is 0 Å². The molecule has 1 fully saturated rings. The summed E-state index contributed by atoms with van der Waals surface area (Å²) in [5.74, 6) is -1.93. The lowest BCUT2D eigenvalue weighted by Gasteiger charge is -2.29. The van der Waals surface area contributed by atoms with Gasteiger partial charge in [0.05, 0.1) is 11.0 Å². The lowest BCUT2D eigenvalue weighted by molar-refractivity contribution is 0.0944. The van der Waals surface area contributed by atoms with Gasteiger partial charge in [-0.15, -0.1) is 0 Å². The lowest BCUT2D eigenvalue weighted by atomic mass is 10.0. The van der Waals surface area contributed by atoms with Crippen LogP contribution in [0.1, 0.15) is 41.7 Å². The highest BCUT2D eigenvalue weighted by Gasteiger charge is 2.28. The highest BCUT2D eigenvalue weighted by atomic mass is 32.2. The van der Waals surface area contributed by atoms with Crippen molar-refractivity contribution in [1.29, 1.82) is 5.26 Å². The Morgan fingerprint density at radius 2 is 1.80 bits per heavy atom. The fourth-order valence-electron chi connectivity index (χ4n) is 3.28. The second-order valence-electron chi connectivity index (χ2n) is 7.31. The molecule has 1 aliphatic heterocycles. The van der Waals surface area contributed by atoms with Crippen molar-refractivity contribution in [3.05, 3.63) is 65.2 Å². The molecule has 6 nitrogen and oxygen atoms in total. The Morgan fingerprint density at radius 3 is 2.37 bits per heavy atom. The molecule has 1 atom stereocenters. The summed E-state index contributed by atoms with van der Waals surface area (Å²) in [7, 11) is -3.64.